The van der Waals surface area contributed by atoms with Crippen molar-refractivity contribution in [1.29, 1.82) is 0 Å². The Morgan fingerprint density at radius 3 is 2.83 bits per heavy atom. The first-order chi connectivity index (χ1) is 5.83. The van der Waals surface area contributed by atoms with E-state index >= 15 is 0 Å². The van der Waals surface area contributed by atoms with Crippen molar-refractivity contribution in [3.63, 3.8) is 0 Å². The number of hydrogen-bond acceptors (Lipinski definition) is 4. The van der Waals surface area contributed by atoms with Crippen LogP contribution in [0.15, 0.2) is 12.4 Å². The highest BCUT2D eigenvalue weighted by molar-refractivity contribution is 4.99. The maximum absolute atomic E-state index is 8.49. The molecule has 2 N–H and O–H groups in total. The molecule has 0 aliphatic heterocycles. The second kappa shape index (κ2) is 4.79. The molecule has 1 heterocycles. The van der Waals surface area contributed by atoms with Gasteiger partial charge in [-0.05, 0) is 6.92 Å². The Hall–Kier alpha value is -1.00. The SMILES string of the molecule is Cc1cnc(CNCCO)cn1. The zero-order valence-electron chi connectivity index (χ0n) is 7.12. The van der Waals surface area contributed by atoms with Gasteiger partial charge < -0.3 is 10.4 Å². The number of aryl methyl sites for hydroxylation is 1. The van der Waals surface area contributed by atoms with Gasteiger partial charge in [-0.1, -0.05) is 0 Å². The summed E-state index contributed by atoms with van der Waals surface area (Å²) in [7, 11) is 0. The molecule has 0 spiro atoms. The van der Waals surface area contributed by atoms with Crippen LogP contribution in [0, 0.1) is 6.92 Å². The molecule has 0 radical (unpaired) electrons. The summed E-state index contributed by atoms with van der Waals surface area (Å²) in [5, 5.41) is 11.5. The topological polar surface area (TPSA) is 58.0 Å². The van der Waals surface area contributed by atoms with E-state index < -0.39 is 0 Å². The van der Waals surface area contributed by atoms with Crippen molar-refractivity contribution in [2.24, 2.45) is 0 Å². The minimum atomic E-state index is 0.152. The average molecular weight is 167 g/mol. The minimum Gasteiger partial charge on any atom is -0.395 e. The van der Waals surface area contributed by atoms with Gasteiger partial charge in [-0.3, -0.25) is 9.97 Å². The second-order valence-electron chi connectivity index (χ2n) is 2.55. The van der Waals surface area contributed by atoms with Gasteiger partial charge in [0, 0.05) is 25.5 Å². The number of aromatic nitrogens is 2. The van der Waals surface area contributed by atoms with Crippen molar-refractivity contribution >= 4 is 0 Å². The van der Waals surface area contributed by atoms with Gasteiger partial charge >= 0.3 is 0 Å². The molecular weight excluding hydrogens is 154 g/mol. The van der Waals surface area contributed by atoms with Crippen LogP contribution in [0.2, 0.25) is 0 Å². The van der Waals surface area contributed by atoms with E-state index in [-0.39, 0.29) is 6.61 Å². The smallest absolute Gasteiger partial charge is 0.0724 e. The van der Waals surface area contributed by atoms with Crippen LogP contribution >= 0.6 is 0 Å². The summed E-state index contributed by atoms with van der Waals surface area (Å²) in [4.78, 5) is 8.24. The van der Waals surface area contributed by atoms with E-state index in [1.165, 1.54) is 0 Å². The third-order valence-electron chi connectivity index (χ3n) is 1.43. The number of rotatable bonds is 4. The Morgan fingerprint density at radius 2 is 2.25 bits per heavy atom. The van der Waals surface area contributed by atoms with Crippen molar-refractivity contribution in [3.05, 3.63) is 23.8 Å². The second-order valence-corrected chi connectivity index (χ2v) is 2.55. The average Bonchev–Trinajstić information content (AvgIpc) is 2.09. The molecular formula is C8H13N3O. The van der Waals surface area contributed by atoms with Crippen molar-refractivity contribution in [2.75, 3.05) is 13.2 Å². The van der Waals surface area contributed by atoms with Crippen molar-refractivity contribution in [1.82, 2.24) is 15.3 Å². The molecule has 0 bridgehead atoms. The zero-order valence-corrected chi connectivity index (χ0v) is 7.12. The standard InChI is InChI=1S/C8H13N3O/c1-7-4-11-8(6-10-7)5-9-2-3-12/h4,6,9,12H,2-3,5H2,1H3. The molecule has 0 saturated heterocycles. The fraction of sp³-hybridized carbons (Fsp3) is 0.500. The largest absolute Gasteiger partial charge is 0.395 e. The van der Waals surface area contributed by atoms with Crippen molar-refractivity contribution in [2.45, 2.75) is 13.5 Å². The first kappa shape index (κ1) is 9.09. The number of aliphatic hydroxyl groups excluding tert-OH is 1. The molecule has 0 aromatic carbocycles. The predicted octanol–water partition coefficient (Wildman–Crippen LogP) is -0.133. The lowest BCUT2D eigenvalue weighted by Crippen LogP contribution is -2.18. The van der Waals surface area contributed by atoms with Crippen LogP contribution in [0.4, 0.5) is 0 Å². The van der Waals surface area contributed by atoms with Crippen LogP contribution < -0.4 is 5.32 Å². The Balaban J connectivity index is 2.37. The number of nitrogens with zero attached hydrogens (tertiary/aromatic N) is 2. The molecule has 4 heteroatoms. The summed E-state index contributed by atoms with van der Waals surface area (Å²) >= 11 is 0. The molecule has 1 aromatic rings. The molecule has 1 rings (SSSR count). The van der Waals surface area contributed by atoms with Crippen molar-refractivity contribution < 1.29 is 5.11 Å². The Labute approximate surface area is 71.7 Å². The highest BCUT2D eigenvalue weighted by atomic mass is 16.3. The van der Waals surface area contributed by atoms with E-state index in [4.69, 9.17) is 5.11 Å². The molecule has 1 aromatic heterocycles. The summed E-state index contributed by atoms with van der Waals surface area (Å²) in [6, 6.07) is 0. The highest BCUT2D eigenvalue weighted by Gasteiger charge is 1.92. The summed E-state index contributed by atoms with van der Waals surface area (Å²) in [6.45, 7) is 3.31. The van der Waals surface area contributed by atoms with Gasteiger partial charge in [-0.2, -0.15) is 0 Å². The summed E-state index contributed by atoms with van der Waals surface area (Å²) in [5.74, 6) is 0. The van der Waals surface area contributed by atoms with Gasteiger partial charge in [0.15, 0.2) is 0 Å². The van der Waals surface area contributed by atoms with Crippen LogP contribution in [-0.2, 0) is 6.54 Å². The summed E-state index contributed by atoms with van der Waals surface area (Å²) < 4.78 is 0. The minimum absolute atomic E-state index is 0.152. The van der Waals surface area contributed by atoms with Crippen LogP contribution in [-0.4, -0.2) is 28.2 Å². The lowest BCUT2D eigenvalue weighted by molar-refractivity contribution is 0.291. The van der Waals surface area contributed by atoms with Gasteiger partial charge in [0.2, 0.25) is 0 Å². The lowest BCUT2D eigenvalue weighted by atomic mass is 10.4. The molecule has 0 atom stereocenters. The quantitative estimate of drug-likeness (QED) is 0.613. The normalized spacial score (nSPS) is 10.2. The van der Waals surface area contributed by atoms with E-state index in [9.17, 15) is 0 Å². The van der Waals surface area contributed by atoms with Crippen molar-refractivity contribution in [3.8, 4) is 0 Å². The van der Waals surface area contributed by atoms with E-state index in [1.807, 2.05) is 6.92 Å². The van der Waals surface area contributed by atoms with Crippen LogP contribution in [0.1, 0.15) is 11.4 Å². The van der Waals surface area contributed by atoms with E-state index in [0.29, 0.717) is 13.1 Å². The van der Waals surface area contributed by atoms with Gasteiger partial charge in [0.25, 0.3) is 0 Å². The highest BCUT2D eigenvalue weighted by Crippen LogP contribution is 1.92. The zero-order chi connectivity index (χ0) is 8.81. The summed E-state index contributed by atoms with van der Waals surface area (Å²) in [5.41, 5.74) is 1.81. The Bertz CT molecular complexity index is 222. The first-order valence-electron chi connectivity index (χ1n) is 3.92. The van der Waals surface area contributed by atoms with Crippen LogP contribution in [0.5, 0.6) is 0 Å². The predicted molar refractivity (Wildman–Crippen MR) is 45.6 cm³/mol. The molecule has 0 aliphatic rings. The van der Waals surface area contributed by atoms with Crippen LogP contribution in [0.3, 0.4) is 0 Å². The van der Waals surface area contributed by atoms with Gasteiger partial charge in [-0.25, -0.2) is 0 Å². The fourth-order valence-electron chi connectivity index (χ4n) is 0.806. The number of nitrogens with one attached hydrogen (secondary N) is 1. The third kappa shape index (κ3) is 2.94. The molecule has 4 nitrogen and oxygen atoms in total. The number of aliphatic hydroxyl groups is 1. The Kier molecular flexibility index (Phi) is 3.63. The van der Waals surface area contributed by atoms with Gasteiger partial charge in [0.05, 0.1) is 18.0 Å². The maximum Gasteiger partial charge on any atom is 0.0724 e. The molecule has 12 heavy (non-hydrogen) atoms. The van der Waals surface area contributed by atoms with E-state index in [1.54, 1.807) is 12.4 Å². The van der Waals surface area contributed by atoms with Crippen LogP contribution in [0.25, 0.3) is 0 Å². The molecule has 0 saturated carbocycles. The maximum atomic E-state index is 8.49. The molecule has 66 valence electrons. The fourth-order valence-corrected chi connectivity index (χ4v) is 0.806. The number of hydrogen-bond donors (Lipinski definition) is 2. The van der Waals surface area contributed by atoms with Gasteiger partial charge in [0.1, 0.15) is 0 Å². The lowest BCUT2D eigenvalue weighted by Gasteiger charge is -2.00. The third-order valence-corrected chi connectivity index (χ3v) is 1.43. The first-order valence-corrected chi connectivity index (χ1v) is 3.92. The molecule has 0 fully saturated rings. The van der Waals surface area contributed by atoms with E-state index in [2.05, 4.69) is 15.3 Å². The molecule has 0 amide bonds. The Morgan fingerprint density at radius 1 is 1.42 bits per heavy atom. The van der Waals surface area contributed by atoms with E-state index in [0.717, 1.165) is 11.4 Å². The van der Waals surface area contributed by atoms with Gasteiger partial charge in [-0.15, -0.1) is 0 Å². The molecule has 0 aliphatic carbocycles. The monoisotopic (exact) mass is 167 g/mol. The summed E-state index contributed by atoms with van der Waals surface area (Å²) in [6.07, 6.45) is 3.47. The molecule has 0 unspecified atom stereocenters.